The van der Waals surface area contributed by atoms with Gasteiger partial charge in [0.2, 0.25) is 5.67 Å². The highest BCUT2D eigenvalue weighted by Crippen LogP contribution is 2.27. The van der Waals surface area contributed by atoms with Crippen LogP contribution in [0.3, 0.4) is 0 Å². The molecule has 7 N–H and O–H groups in total. The molecule has 3 aliphatic heterocycles. The number of nitro groups is 1. The topological polar surface area (TPSA) is 344 Å². The van der Waals surface area contributed by atoms with Crippen molar-refractivity contribution < 1.29 is 86.6 Å². The van der Waals surface area contributed by atoms with Crippen LogP contribution in [0.25, 0.3) is 0 Å². The number of ether oxygens (including phenoxy) is 4. The molecule has 3 aromatic rings. The van der Waals surface area contributed by atoms with Gasteiger partial charge in [-0.2, -0.15) is 0 Å². The van der Waals surface area contributed by atoms with Gasteiger partial charge >= 0.3 is 35.8 Å². The second-order valence-electron chi connectivity index (χ2n) is 34.1. The van der Waals surface area contributed by atoms with Gasteiger partial charge < -0.3 is 50.4 Å². The second kappa shape index (κ2) is 51.1. The maximum Gasteiger partial charge on any atom is 0.354 e. The molecular weight excluding hydrogens is 1580 g/mol. The molecule has 0 bridgehead atoms. The normalized spacial score (nSPS) is 20.2. The molecule has 3 aromatic carbocycles. The Morgan fingerprint density at radius 3 is 1.21 bits per heavy atom. The fraction of sp³-hybridized carbons (Fsp3) is 0.663. The number of aliphatic hydroxyl groups excluding tert-OH is 1. The van der Waals surface area contributed by atoms with E-state index in [-0.39, 0.29) is 81.2 Å². The van der Waals surface area contributed by atoms with Crippen LogP contribution in [0, 0.1) is 33.8 Å². The van der Waals surface area contributed by atoms with Crippen LogP contribution in [0.15, 0.2) is 72.8 Å². The predicted octanol–water partition coefficient (Wildman–Crippen LogP) is 9.34. The molecule has 8 rings (SSSR count). The summed E-state index contributed by atoms with van der Waals surface area (Å²) in [5.41, 5.74) is 4.47. The van der Waals surface area contributed by atoms with Gasteiger partial charge in [0.25, 0.3) is 11.4 Å². The molecule has 0 aromatic heterocycles. The zero-order valence-corrected chi connectivity index (χ0v) is 72.8. The first-order valence-electron chi connectivity index (χ1n) is 40.7. The number of hydrogen-bond donors (Lipinski definition) is 6. The number of rotatable bonds is 23. The highest BCUT2D eigenvalue weighted by Gasteiger charge is 2.38. The van der Waals surface area contributed by atoms with E-state index in [9.17, 15) is 63.4 Å². The molecule has 2 aliphatic carbocycles. The molecule has 5 aliphatic rings. The molecule has 0 amide bonds. The summed E-state index contributed by atoms with van der Waals surface area (Å²) in [5, 5.41) is 51.4. The number of aliphatic hydroxyl groups is 1. The number of Topliss-reactive ketones (excluding diaryl/α,β-unsaturated/α-hetero) is 1. The average Bonchev–Trinajstić information content (AvgIpc) is 1.22. The zero-order chi connectivity index (χ0) is 87.0. The first-order valence-corrected chi connectivity index (χ1v) is 41.8. The molecule has 3 heterocycles. The third kappa shape index (κ3) is 45.9. The maximum atomic E-state index is 15.2. The number of benzene rings is 3. The third-order valence-electron chi connectivity index (χ3n) is 18.8. The summed E-state index contributed by atoms with van der Waals surface area (Å²) in [5.74, 6) is 5.72. The van der Waals surface area contributed by atoms with E-state index in [4.69, 9.17) is 29.8 Å². The van der Waals surface area contributed by atoms with E-state index >= 15 is 4.39 Å². The first kappa shape index (κ1) is 102. The number of aliphatic carboxylic acids is 3. The minimum Gasteiger partial charge on any atom is -0.480 e. The van der Waals surface area contributed by atoms with Gasteiger partial charge in [-0.05, 0) is 143 Å². The standard InChI is InChI=1S/C27H36FN3O5.C25H42N4O4.C18H37N3O4.C9H11FO2.C7H6BrNO2/c28-27(10-4-2-1-3-5-11-27)24(32)18-22-6-8-23(9-7-22)19-29-12-14-30(20-25(33)34)16-17-31(15-13-29)21-26(35)36;1-24(2,3)32-22(30)18-28-13-11-27(17-20-7-9-21(26)10-8-20)12-14-29(16-15-28)19-23(31)33-25(4,5)6;1-17(2,3)24-15(22)13-20-9-7-19-8-10-21(12-11-20)14-16(23)25-18(4,5)6;10-9(8(11)12)6-4-2-1-3-5-7-9;8-5-6-1-3-7(4-2-6)9(10)11/h6-9H,1-4,10,12-21H2,(H,33,34)(H,35,36);7-10H,11-19,26H2,1-6H3;15,19,22H,7-14H2,1-6H3;1-4,6H2,(H,11,12);1-4H,5H2. The summed E-state index contributed by atoms with van der Waals surface area (Å²) in [6.07, 6.45) is 5.53. The number of carboxylic acid groups (broad SMARTS) is 3. The van der Waals surface area contributed by atoms with E-state index in [1.54, 1.807) is 12.1 Å². The highest BCUT2D eigenvalue weighted by atomic mass is 79.9. The van der Waals surface area contributed by atoms with Gasteiger partial charge in [0, 0.05) is 193 Å². The van der Waals surface area contributed by atoms with E-state index in [2.05, 4.69) is 74.3 Å². The molecule has 117 heavy (non-hydrogen) atoms. The Morgan fingerprint density at radius 2 is 0.829 bits per heavy atom. The number of carbonyl (C=O) groups is 7. The number of non-ortho nitro benzene ring substituents is 1. The number of ketones is 1. The lowest BCUT2D eigenvalue weighted by molar-refractivity contribution is -0.384. The van der Waals surface area contributed by atoms with Crippen LogP contribution in [0.2, 0.25) is 0 Å². The molecule has 3 unspecified atom stereocenters. The Labute approximate surface area is 700 Å². The SMILES string of the molecule is CC(C)(C)OC(=O)CN1CCN(CC(=O)OC(C)(C)C)CCN(Cc2ccc(N)cc2)CC1.CC(C)(C)OC(=O)CN1CCNCCN(CC(O)OC(C)(C)C)CC1.O=C(O)C1(F)C#CCCCCC1.O=C(O)CN1CCN(CC(=O)O)CCN(Cc2ccc(CC(=O)C3(F)C#CCCCCC3)cc2)CC1.O=[N+]([O-])c1ccc(CBr)cc1. The molecule has 654 valence electrons. The number of hydrogen-bond acceptors (Lipinski definition) is 24. The van der Waals surface area contributed by atoms with Crippen LogP contribution >= 0.6 is 15.9 Å². The second-order valence-corrected chi connectivity index (χ2v) is 34.6. The van der Waals surface area contributed by atoms with Crippen LogP contribution in [0.4, 0.5) is 20.2 Å². The Bertz CT molecular complexity index is 3620. The van der Waals surface area contributed by atoms with E-state index in [0.29, 0.717) is 91.1 Å². The average molecular weight is 1710 g/mol. The number of nitrogens with zero attached hydrogens (tertiary/aromatic N) is 9. The van der Waals surface area contributed by atoms with Crippen LogP contribution in [-0.2, 0) is 77.3 Å². The van der Waals surface area contributed by atoms with Crippen molar-refractivity contribution in [1.82, 2.24) is 44.5 Å². The molecule has 0 spiro atoms. The maximum absolute atomic E-state index is 15.2. The summed E-state index contributed by atoms with van der Waals surface area (Å²) >= 11 is 3.25. The summed E-state index contributed by atoms with van der Waals surface area (Å²) < 4.78 is 50.6. The monoisotopic (exact) mass is 1710 g/mol. The summed E-state index contributed by atoms with van der Waals surface area (Å²) in [6.45, 7) is 37.8. The Balaban J connectivity index is 0.000000327. The molecule has 3 saturated heterocycles. The Kier molecular flexibility index (Phi) is 44.4. The number of anilines is 1. The molecule has 3 fully saturated rings. The van der Waals surface area contributed by atoms with Gasteiger partial charge in [-0.1, -0.05) is 101 Å². The van der Waals surface area contributed by atoms with Crippen molar-refractivity contribution in [2.75, 3.05) is 163 Å². The number of carboxylic acids is 3. The molecule has 0 saturated carbocycles. The van der Waals surface area contributed by atoms with Crippen molar-refractivity contribution in [3.05, 3.63) is 105 Å². The number of carbonyl (C=O) groups excluding carboxylic acids is 4. The van der Waals surface area contributed by atoms with Gasteiger partial charge in [0.05, 0.1) is 43.2 Å². The van der Waals surface area contributed by atoms with Crippen molar-refractivity contribution in [3.63, 3.8) is 0 Å². The minimum atomic E-state index is -2.29. The third-order valence-corrected chi connectivity index (χ3v) is 19.4. The molecule has 28 nitrogen and oxygen atoms in total. The van der Waals surface area contributed by atoms with Gasteiger partial charge in [-0.25, -0.2) is 13.6 Å². The van der Waals surface area contributed by atoms with Gasteiger partial charge in [-0.15, -0.1) is 0 Å². The number of halogens is 3. The van der Waals surface area contributed by atoms with Crippen LogP contribution in [0.1, 0.15) is 170 Å². The number of nitrogens with one attached hydrogen (secondary N) is 1. The van der Waals surface area contributed by atoms with Gasteiger partial charge in [-0.3, -0.25) is 78.1 Å². The zero-order valence-electron chi connectivity index (χ0n) is 71.2. The lowest BCUT2D eigenvalue weighted by Crippen LogP contribution is -2.43. The quantitative estimate of drug-likeness (QED) is 0.00752. The number of nitrogen functional groups attached to an aromatic ring is 1. The molecule has 0 radical (unpaired) electrons. The Morgan fingerprint density at radius 1 is 0.487 bits per heavy atom. The number of nitrogens with two attached hydrogens (primary N) is 1. The molecular formula is C86H132BrF2N11O17. The first-order chi connectivity index (χ1) is 54.8. The lowest BCUT2D eigenvalue weighted by Gasteiger charge is -2.30. The lowest BCUT2D eigenvalue weighted by atomic mass is 9.88. The van der Waals surface area contributed by atoms with E-state index in [1.165, 1.54) is 17.7 Å². The summed E-state index contributed by atoms with van der Waals surface area (Å²) in [7, 11) is 0. The summed E-state index contributed by atoms with van der Waals surface area (Å²) in [6, 6.07) is 21.9. The highest BCUT2D eigenvalue weighted by molar-refractivity contribution is 9.08. The van der Waals surface area contributed by atoms with Crippen molar-refractivity contribution in [3.8, 4) is 23.7 Å². The van der Waals surface area contributed by atoms with Gasteiger partial charge in [0.1, 0.15) is 16.8 Å². The van der Waals surface area contributed by atoms with E-state index in [0.717, 1.165) is 125 Å². The minimum absolute atomic E-state index is 0.00344. The fourth-order valence-electron chi connectivity index (χ4n) is 12.8. The van der Waals surface area contributed by atoms with Crippen LogP contribution in [-0.4, -0.2) is 303 Å². The smallest absolute Gasteiger partial charge is 0.354 e. The Hall–Kier alpha value is -7.63. The fourth-order valence-corrected chi connectivity index (χ4v) is 13.2. The van der Waals surface area contributed by atoms with Crippen molar-refractivity contribution in [1.29, 1.82) is 0 Å². The largest absolute Gasteiger partial charge is 0.480 e. The van der Waals surface area contributed by atoms with Crippen molar-refractivity contribution in [2.45, 2.75) is 212 Å². The predicted molar refractivity (Wildman–Crippen MR) is 450 cm³/mol. The number of esters is 3. The van der Waals surface area contributed by atoms with Gasteiger partial charge in [0.15, 0.2) is 12.1 Å². The van der Waals surface area contributed by atoms with Crippen LogP contribution in [0.5, 0.6) is 0 Å². The van der Waals surface area contributed by atoms with Crippen molar-refractivity contribution in [2.24, 2.45) is 0 Å². The number of nitro benzene ring substituents is 1. The van der Waals surface area contributed by atoms with Crippen LogP contribution < -0.4 is 11.1 Å². The molecule has 3 atom stereocenters. The van der Waals surface area contributed by atoms with E-state index < -0.39 is 63.0 Å². The molecule has 31 heteroatoms. The van der Waals surface area contributed by atoms with E-state index in [1.807, 2.05) is 141 Å². The number of β-amino-alcohol motifs (C(OH)–C–C–N with tert-alkyl or cyclic N) is 1. The number of alkyl halides is 3. The summed E-state index contributed by atoms with van der Waals surface area (Å²) in [4.78, 5) is 109. The van der Waals surface area contributed by atoms with Crippen molar-refractivity contribution >= 4 is 68.9 Å².